The van der Waals surface area contributed by atoms with E-state index < -0.39 is 11.6 Å². The molecular weight excluding hydrogens is 222 g/mol. The Bertz CT molecular complexity index is 364. The van der Waals surface area contributed by atoms with E-state index in [1.54, 1.807) is 0 Å². The lowest BCUT2D eigenvalue weighted by Crippen LogP contribution is -2.29. The van der Waals surface area contributed by atoms with E-state index in [0.717, 1.165) is 31.7 Å². The Morgan fingerprint density at radius 3 is 2.65 bits per heavy atom. The summed E-state index contributed by atoms with van der Waals surface area (Å²) in [6, 6.07) is 4.47. The predicted molar refractivity (Wildman–Crippen MR) is 64.0 cm³/mol. The van der Waals surface area contributed by atoms with Gasteiger partial charge in [-0.05, 0) is 37.4 Å². The molecule has 4 heteroatoms. The minimum Gasteiger partial charge on any atom is -0.315 e. The minimum absolute atomic E-state index is 0.456. The van der Waals surface area contributed by atoms with Crippen LogP contribution in [0.15, 0.2) is 18.2 Å². The maximum absolute atomic E-state index is 13.3. The van der Waals surface area contributed by atoms with E-state index in [2.05, 4.69) is 10.6 Å². The third-order valence-electron chi connectivity index (χ3n) is 2.90. The number of hydrogen-bond acceptors (Lipinski definition) is 2. The molecule has 2 rings (SSSR count). The van der Waals surface area contributed by atoms with Crippen LogP contribution in [0.25, 0.3) is 0 Å². The molecule has 0 amide bonds. The van der Waals surface area contributed by atoms with Crippen LogP contribution in [0.2, 0.25) is 0 Å². The number of rotatable bonds is 7. The fourth-order valence-corrected chi connectivity index (χ4v) is 1.72. The van der Waals surface area contributed by atoms with Crippen molar-refractivity contribution in [3.05, 3.63) is 35.4 Å². The van der Waals surface area contributed by atoms with Crippen molar-refractivity contribution >= 4 is 0 Å². The summed E-state index contributed by atoms with van der Waals surface area (Å²) >= 11 is 0. The molecule has 0 bridgehead atoms. The van der Waals surface area contributed by atoms with Gasteiger partial charge < -0.3 is 10.6 Å². The smallest absolute Gasteiger partial charge is 0.129 e. The van der Waals surface area contributed by atoms with Gasteiger partial charge in [0, 0.05) is 25.2 Å². The van der Waals surface area contributed by atoms with Gasteiger partial charge in [0.05, 0.1) is 0 Å². The second kappa shape index (κ2) is 6.07. The summed E-state index contributed by atoms with van der Waals surface area (Å²) in [6.45, 7) is 2.56. The van der Waals surface area contributed by atoms with Crippen molar-refractivity contribution in [3.63, 3.8) is 0 Å². The maximum atomic E-state index is 13.3. The molecule has 0 unspecified atom stereocenters. The van der Waals surface area contributed by atoms with Crippen molar-refractivity contribution in [3.8, 4) is 0 Å². The summed E-state index contributed by atoms with van der Waals surface area (Å²) < 4.78 is 25.9. The standard InChI is InChI=1S/C13H18F2N2/c14-11-2-1-10(13(15)9-11)5-6-16-7-8-17-12-3-4-12/h1-2,9,12,16-17H,3-8H2. The molecule has 1 aromatic carbocycles. The molecule has 0 aromatic heterocycles. The van der Waals surface area contributed by atoms with Crippen molar-refractivity contribution < 1.29 is 8.78 Å². The molecule has 0 heterocycles. The number of hydrogen-bond donors (Lipinski definition) is 2. The Labute approximate surface area is 100 Å². The second-order valence-corrected chi connectivity index (χ2v) is 4.46. The monoisotopic (exact) mass is 240 g/mol. The summed E-state index contributed by atoms with van der Waals surface area (Å²) in [4.78, 5) is 0. The topological polar surface area (TPSA) is 24.1 Å². The Hall–Kier alpha value is -1.00. The molecule has 17 heavy (non-hydrogen) atoms. The summed E-state index contributed by atoms with van der Waals surface area (Å²) in [5.41, 5.74) is 0.564. The van der Waals surface area contributed by atoms with E-state index in [4.69, 9.17) is 0 Å². The van der Waals surface area contributed by atoms with Crippen LogP contribution in [0.3, 0.4) is 0 Å². The van der Waals surface area contributed by atoms with Crippen molar-refractivity contribution in [1.82, 2.24) is 10.6 Å². The lowest BCUT2D eigenvalue weighted by molar-refractivity contribution is 0.563. The van der Waals surface area contributed by atoms with Gasteiger partial charge in [-0.15, -0.1) is 0 Å². The quantitative estimate of drug-likeness (QED) is 0.711. The highest BCUT2D eigenvalue weighted by atomic mass is 19.1. The van der Waals surface area contributed by atoms with E-state index in [1.807, 2.05) is 0 Å². The highest BCUT2D eigenvalue weighted by Gasteiger charge is 2.19. The zero-order valence-corrected chi connectivity index (χ0v) is 9.81. The zero-order chi connectivity index (χ0) is 12.1. The molecule has 2 N–H and O–H groups in total. The third kappa shape index (κ3) is 4.40. The van der Waals surface area contributed by atoms with E-state index >= 15 is 0 Å². The van der Waals surface area contributed by atoms with Crippen molar-refractivity contribution in [2.75, 3.05) is 19.6 Å². The largest absolute Gasteiger partial charge is 0.315 e. The Balaban J connectivity index is 1.60. The average molecular weight is 240 g/mol. The summed E-state index contributed by atoms with van der Waals surface area (Å²) in [5, 5.41) is 6.62. The van der Waals surface area contributed by atoms with Crippen molar-refractivity contribution in [1.29, 1.82) is 0 Å². The molecule has 0 aliphatic heterocycles. The molecule has 1 fully saturated rings. The number of halogens is 2. The van der Waals surface area contributed by atoms with Gasteiger partial charge in [0.2, 0.25) is 0 Å². The maximum Gasteiger partial charge on any atom is 0.129 e. The van der Waals surface area contributed by atoms with Gasteiger partial charge >= 0.3 is 0 Å². The number of benzene rings is 1. The molecule has 94 valence electrons. The first kappa shape index (κ1) is 12.5. The highest BCUT2D eigenvalue weighted by Crippen LogP contribution is 2.17. The lowest BCUT2D eigenvalue weighted by Gasteiger charge is -2.06. The van der Waals surface area contributed by atoms with Crippen molar-refractivity contribution in [2.24, 2.45) is 0 Å². The molecule has 1 aliphatic carbocycles. The second-order valence-electron chi connectivity index (χ2n) is 4.46. The summed E-state index contributed by atoms with van der Waals surface area (Å²) in [6.07, 6.45) is 3.18. The third-order valence-corrected chi connectivity index (χ3v) is 2.90. The molecule has 0 saturated heterocycles. The molecular formula is C13H18F2N2. The Morgan fingerprint density at radius 2 is 1.94 bits per heavy atom. The fraction of sp³-hybridized carbons (Fsp3) is 0.538. The highest BCUT2D eigenvalue weighted by molar-refractivity contribution is 5.18. The Morgan fingerprint density at radius 1 is 1.12 bits per heavy atom. The van der Waals surface area contributed by atoms with Crippen LogP contribution in [0, 0.1) is 11.6 Å². The van der Waals surface area contributed by atoms with Crippen molar-refractivity contribution in [2.45, 2.75) is 25.3 Å². The van der Waals surface area contributed by atoms with Gasteiger partial charge in [-0.25, -0.2) is 8.78 Å². The molecule has 0 atom stereocenters. The lowest BCUT2D eigenvalue weighted by atomic mass is 10.1. The van der Waals surface area contributed by atoms with E-state index in [-0.39, 0.29) is 0 Å². The first-order valence-electron chi connectivity index (χ1n) is 6.14. The van der Waals surface area contributed by atoms with Crippen LogP contribution in [-0.2, 0) is 6.42 Å². The van der Waals surface area contributed by atoms with Gasteiger partial charge in [-0.3, -0.25) is 0 Å². The molecule has 0 radical (unpaired) electrons. The van der Waals surface area contributed by atoms with Gasteiger partial charge in [0.15, 0.2) is 0 Å². The molecule has 0 spiro atoms. The van der Waals surface area contributed by atoms with Crippen LogP contribution in [0.1, 0.15) is 18.4 Å². The normalized spacial score (nSPS) is 15.2. The van der Waals surface area contributed by atoms with Gasteiger partial charge in [-0.1, -0.05) is 6.07 Å². The van der Waals surface area contributed by atoms with Gasteiger partial charge in [0.25, 0.3) is 0 Å². The average Bonchev–Trinajstić information content (AvgIpc) is 3.09. The predicted octanol–water partition coefficient (Wildman–Crippen LogP) is 1.85. The first-order valence-corrected chi connectivity index (χ1v) is 6.14. The van der Waals surface area contributed by atoms with Crippen LogP contribution in [0.4, 0.5) is 8.78 Å². The number of nitrogens with one attached hydrogen (secondary N) is 2. The van der Waals surface area contributed by atoms with Crippen LogP contribution < -0.4 is 10.6 Å². The van der Waals surface area contributed by atoms with Crippen LogP contribution in [-0.4, -0.2) is 25.7 Å². The summed E-state index contributed by atoms with van der Waals surface area (Å²) in [7, 11) is 0. The Kier molecular flexibility index (Phi) is 4.45. The van der Waals surface area contributed by atoms with E-state index in [1.165, 1.54) is 25.0 Å². The van der Waals surface area contributed by atoms with E-state index in [0.29, 0.717) is 12.0 Å². The van der Waals surface area contributed by atoms with Gasteiger partial charge in [0.1, 0.15) is 11.6 Å². The summed E-state index contributed by atoms with van der Waals surface area (Å²) in [5.74, 6) is -0.976. The van der Waals surface area contributed by atoms with Gasteiger partial charge in [-0.2, -0.15) is 0 Å². The van der Waals surface area contributed by atoms with Crippen LogP contribution >= 0.6 is 0 Å². The molecule has 1 aliphatic rings. The zero-order valence-electron chi connectivity index (χ0n) is 9.81. The van der Waals surface area contributed by atoms with E-state index in [9.17, 15) is 8.78 Å². The fourth-order valence-electron chi connectivity index (χ4n) is 1.72. The first-order chi connectivity index (χ1) is 8.25. The molecule has 1 saturated carbocycles. The molecule has 1 aromatic rings. The SMILES string of the molecule is Fc1ccc(CCNCCNC2CC2)c(F)c1. The molecule has 2 nitrogen and oxygen atoms in total. The van der Waals surface area contributed by atoms with Crippen LogP contribution in [0.5, 0.6) is 0 Å². The minimum atomic E-state index is -0.521.